The third-order valence-corrected chi connectivity index (χ3v) is 7.21. The van der Waals surface area contributed by atoms with Crippen molar-refractivity contribution in [3.8, 4) is 17.2 Å². The second-order valence-corrected chi connectivity index (χ2v) is 11.3. The Balaban J connectivity index is 1.18. The van der Waals surface area contributed by atoms with Gasteiger partial charge in [0.15, 0.2) is 0 Å². The fourth-order valence-corrected chi connectivity index (χ4v) is 5.50. The fraction of sp³-hybridized carbons (Fsp3) is 0.321. The molecule has 0 saturated carbocycles. The van der Waals surface area contributed by atoms with Crippen LogP contribution in [0.15, 0.2) is 72.8 Å². The second-order valence-electron chi connectivity index (χ2n) is 9.57. The van der Waals surface area contributed by atoms with E-state index in [2.05, 4.69) is 10.0 Å². The molecule has 0 unspecified atom stereocenters. The zero-order valence-electron chi connectivity index (χ0n) is 20.9. The van der Waals surface area contributed by atoms with E-state index in [9.17, 15) is 18.3 Å². The number of anilines is 1. The monoisotopic (exact) mass is 538 g/mol. The molecule has 1 saturated heterocycles. The Morgan fingerprint density at radius 3 is 2.50 bits per heavy atom. The van der Waals surface area contributed by atoms with E-state index in [0.29, 0.717) is 30.2 Å². The summed E-state index contributed by atoms with van der Waals surface area (Å²) in [4.78, 5) is 12.7. The molecule has 4 atom stereocenters. The van der Waals surface area contributed by atoms with Crippen LogP contribution in [0.5, 0.6) is 17.2 Å². The zero-order chi connectivity index (χ0) is 26.7. The Bertz CT molecular complexity index is 1380. The lowest BCUT2D eigenvalue weighted by atomic mass is 9.84. The number of aliphatic hydroxyl groups is 1. The number of hydrogen-bond donors (Lipinski definition) is 3. The molecule has 0 bridgehead atoms. The van der Waals surface area contributed by atoms with Crippen molar-refractivity contribution >= 4 is 21.6 Å². The Kier molecular flexibility index (Phi) is 7.55. The first-order chi connectivity index (χ1) is 18.3. The molecule has 2 aliphatic heterocycles. The van der Waals surface area contributed by atoms with Crippen LogP contribution in [0.4, 0.5) is 5.69 Å². The minimum absolute atomic E-state index is 0.130. The van der Waals surface area contributed by atoms with Crippen molar-refractivity contribution in [2.24, 2.45) is 0 Å². The lowest BCUT2D eigenvalue weighted by molar-refractivity contribution is -0.142. The van der Waals surface area contributed by atoms with E-state index in [1.807, 2.05) is 54.6 Å². The third-order valence-electron chi connectivity index (χ3n) is 6.61. The highest BCUT2D eigenvalue weighted by atomic mass is 32.2. The number of nitrogens with one attached hydrogen (secondary N) is 2. The number of amides is 1. The maximum Gasteiger partial charge on any atom is 0.229 e. The van der Waals surface area contributed by atoms with Crippen LogP contribution in [0.2, 0.25) is 0 Å². The van der Waals surface area contributed by atoms with E-state index in [0.717, 1.165) is 23.1 Å². The molecule has 3 aromatic carbocycles. The number of carbonyl (C=O) groups is 1. The standard InChI is InChI=1S/C28H30N2O7S/c1-38(33,34)30-19-9-12-25-23(13-19)24-14-22(36-26(17-31)28(24)37-25)15-27(32)29-16-18-7-10-21(11-8-18)35-20-5-3-2-4-6-20/h2-13,22,24,26,28,30-31H,14-17H2,1H3,(H,29,32)/t22-,24+,26-,28-/m1/s1. The van der Waals surface area contributed by atoms with Crippen LogP contribution in [0.3, 0.4) is 0 Å². The van der Waals surface area contributed by atoms with Gasteiger partial charge in [0.25, 0.3) is 0 Å². The maximum absolute atomic E-state index is 12.7. The van der Waals surface area contributed by atoms with Crippen molar-refractivity contribution in [1.29, 1.82) is 0 Å². The van der Waals surface area contributed by atoms with Gasteiger partial charge in [0.1, 0.15) is 29.5 Å². The largest absolute Gasteiger partial charge is 0.487 e. The highest BCUT2D eigenvalue weighted by molar-refractivity contribution is 7.92. The van der Waals surface area contributed by atoms with Crippen molar-refractivity contribution in [2.75, 3.05) is 17.6 Å². The molecular weight excluding hydrogens is 508 g/mol. The molecule has 1 amide bonds. The molecule has 9 nitrogen and oxygen atoms in total. The molecule has 0 spiro atoms. The van der Waals surface area contributed by atoms with Crippen LogP contribution in [0, 0.1) is 0 Å². The maximum atomic E-state index is 12.7. The average Bonchev–Trinajstić information content (AvgIpc) is 3.25. The van der Waals surface area contributed by atoms with Crippen molar-refractivity contribution in [3.63, 3.8) is 0 Å². The number of fused-ring (bicyclic) bond motifs is 3. The van der Waals surface area contributed by atoms with Crippen molar-refractivity contribution in [1.82, 2.24) is 5.32 Å². The number of ether oxygens (including phenoxy) is 3. The van der Waals surface area contributed by atoms with Crippen molar-refractivity contribution in [3.05, 3.63) is 83.9 Å². The lowest BCUT2D eigenvalue weighted by Crippen LogP contribution is -2.47. The lowest BCUT2D eigenvalue weighted by Gasteiger charge is -2.37. The number of para-hydroxylation sites is 1. The van der Waals surface area contributed by atoms with Gasteiger partial charge < -0.3 is 24.6 Å². The van der Waals surface area contributed by atoms with Gasteiger partial charge in [-0.05, 0) is 54.4 Å². The molecule has 10 heteroatoms. The SMILES string of the molecule is CS(=O)(=O)Nc1ccc2c(c1)[C@@H]1C[C@H](CC(=O)NCc3ccc(Oc4ccccc4)cc3)O[C@H](CO)[C@@H]1O2. The first kappa shape index (κ1) is 26.0. The fourth-order valence-electron chi connectivity index (χ4n) is 4.95. The van der Waals surface area contributed by atoms with E-state index in [4.69, 9.17) is 14.2 Å². The second kappa shape index (κ2) is 11.0. The summed E-state index contributed by atoms with van der Waals surface area (Å²) in [6.45, 7) is 0.109. The molecule has 2 heterocycles. The number of rotatable bonds is 9. The topological polar surface area (TPSA) is 123 Å². The van der Waals surface area contributed by atoms with Gasteiger partial charge in [0.05, 0.1) is 25.4 Å². The third kappa shape index (κ3) is 6.27. The van der Waals surface area contributed by atoms with Crippen LogP contribution in [-0.2, 0) is 26.1 Å². The molecule has 0 aliphatic carbocycles. The Hall–Kier alpha value is -3.60. The first-order valence-electron chi connectivity index (χ1n) is 12.4. The van der Waals surface area contributed by atoms with Gasteiger partial charge in [-0.2, -0.15) is 0 Å². The molecule has 1 fully saturated rings. The van der Waals surface area contributed by atoms with Gasteiger partial charge in [-0.3, -0.25) is 9.52 Å². The van der Waals surface area contributed by atoms with Crippen molar-refractivity contribution in [2.45, 2.75) is 43.6 Å². The van der Waals surface area contributed by atoms with Crippen LogP contribution < -0.4 is 19.5 Å². The van der Waals surface area contributed by atoms with Gasteiger partial charge >= 0.3 is 0 Å². The van der Waals surface area contributed by atoms with E-state index >= 15 is 0 Å². The number of hydrogen-bond acceptors (Lipinski definition) is 7. The van der Waals surface area contributed by atoms with Gasteiger partial charge in [0.2, 0.25) is 15.9 Å². The molecule has 38 heavy (non-hydrogen) atoms. The van der Waals surface area contributed by atoms with Crippen LogP contribution in [0.1, 0.15) is 29.9 Å². The normalized spacial score (nSPS) is 22.1. The highest BCUT2D eigenvalue weighted by Gasteiger charge is 2.46. The van der Waals surface area contributed by atoms with Gasteiger partial charge in [-0.25, -0.2) is 8.42 Å². The van der Waals surface area contributed by atoms with E-state index in [-0.39, 0.29) is 24.9 Å². The van der Waals surface area contributed by atoms with E-state index in [1.165, 1.54) is 0 Å². The minimum atomic E-state index is -3.43. The van der Waals surface area contributed by atoms with Gasteiger partial charge in [-0.15, -0.1) is 0 Å². The molecule has 0 aromatic heterocycles. The summed E-state index contributed by atoms with van der Waals surface area (Å²) in [5.74, 6) is 1.79. The summed E-state index contributed by atoms with van der Waals surface area (Å²) in [6, 6.07) is 22.1. The van der Waals surface area contributed by atoms with E-state index < -0.39 is 28.3 Å². The number of sulfonamides is 1. The van der Waals surface area contributed by atoms with Crippen LogP contribution in [-0.4, -0.2) is 50.6 Å². The molecular formula is C28H30N2O7S. The van der Waals surface area contributed by atoms with Crippen molar-refractivity contribution < 1.29 is 32.5 Å². The molecule has 3 N–H and O–H groups in total. The summed E-state index contributed by atoms with van der Waals surface area (Å²) in [5, 5.41) is 12.9. The summed E-state index contributed by atoms with van der Waals surface area (Å²) in [6.07, 6.45) is 0.316. The molecule has 200 valence electrons. The first-order valence-corrected chi connectivity index (χ1v) is 14.3. The smallest absolute Gasteiger partial charge is 0.229 e. The summed E-state index contributed by atoms with van der Waals surface area (Å²) in [7, 11) is -3.43. The number of benzene rings is 3. The molecule has 5 rings (SSSR count). The number of aliphatic hydroxyl groups excluding tert-OH is 1. The van der Waals surface area contributed by atoms with Crippen LogP contribution in [0.25, 0.3) is 0 Å². The number of carbonyl (C=O) groups excluding carboxylic acids is 1. The predicted octanol–water partition coefficient (Wildman–Crippen LogP) is 3.55. The zero-order valence-corrected chi connectivity index (χ0v) is 21.7. The molecule has 2 aliphatic rings. The Morgan fingerprint density at radius 2 is 1.79 bits per heavy atom. The Morgan fingerprint density at radius 1 is 1.05 bits per heavy atom. The predicted molar refractivity (Wildman–Crippen MR) is 142 cm³/mol. The highest BCUT2D eigenvalue weighted by Crippen LogP contribution is 2.47. The molecule has 0 radical (unpaired) electrons. The van der Waals surface area contributed by atoms with Gasteiger partial charge in [0, 0.05) is 23.7 Å². The average molecular weight is 539 g/mol. The quantitative estimate of drug-likeness (QED) is 0.381. The summed E-state index contributed by atoms with van der Waals surface area (Å²) in [5.41, 5.74) is 2.21. The molecule has 3 aromatic rings. The van der Waals surface area contributed by atoms with Crippen LogP contribution >= 0.6 is 0 Å². The summed E-state index contributed by atoms with van der Waals surface area (Å²) < 4.78 is 43.7. The Labute approximate surface area is 221 Å². The van der Waals surface area contributed by atoms with Gasteiger partial charge in [-0.1, -0.05) is 30.3 Å². The summed E-state index contributed by atoms with van der Waals surface area (Å²) >= 11 is 0. The van der Waals surface area contributed by atoms with E-state index in [1.54, 1.807) is 18.2 Å². The minimum Gasteiger partial charge on any atom is -0.487 e.